The van der Waals surface area contributed by atoms with E-state index >= 15 is 0 Å². The van der Waals surface area contributed by atoms with Crippen LogP contribution in [0.1, 0.15) is 10.4 Å². The maximum Gasteiger partial charge on any atom is 0.341 e. The van der Waals surface area contributed by atoms with E-state index in [1.807, 2.05) is 0 Å². The predicted molar refractivity (Wildman–Crippen MR) is 86.4 cm³/mol. The fraction of sp³-hybridized carbons (Fsp3) is 0.133. The minimum atomic E-state index is -2.77. The van der Waals surface area contributed by atoms with Crippen LogP contribution in [0.4, 0.5) is 18.9 Å². The molecule has 1 heterocycles. The third-order valence-corrected chi connectivity index (χ3v) is 3.69. The van der Waals surface area contributed by atoms with Crippen molar-refractivity contribution in [2.45, 2.75) is 10.8 Å². The summed E-state index contributed by atoms with van der Waals surface area (Å²) >= 11 is 5.78. The van der Waals surface area contributed by atoms with Crippen LogP contribution in [-0.2, 0) is 9.53 Å². The van der Waals surface area contributed by atoms with Crippen LogP contribution in [0.5, 0.6) is 0 Å². The number of hydrogen-bond acceptors (Lipinski definition) is 5. The number of nitrogens with one attached hydrogen (secondary N) is 1. The minimum absolute atomic E-state index is 0.0837. The van der Waals surface area contributed by atoms with Gasteiger partial charge in [-0.15, -0.1) is 0 Å². The average molecular weight is 391 g/mol. The first kappa shape index (κ1) is 19.1. The number of ether oxygens (including phenoxy) is 1. The van der Waals surface area contributed by atoms with Crippen molar-refractivity contribution in [2.24, 2.45) is 0 Å². The Morgan fingerprint density at radius 2 is 2.08 bits per heavy atom. The zero-order valence-electron chi connectivity index (χ0n) is 12.3. The smallest absolute Gasteiger partial charge is 0.341 e. The Bertz CT molecular complexity index is 792. The molecule has 0 spiro atoms. The van der Waals surface area contributed by atoms with Gasteiger partial charge < -0.3 is 10.1 Å². The second-order valence-corrected chi connectivity index (χ2v) is 5.90. The van der Waals surface area contributed by atoms with Gasteiger partial charge in [-0.2, -0.15) is 8.78 Å². The summed E-state index contributed by atoms with van der Waals surface area (Å²) in [5, 5.41) is 2.18. The van der Waals surface area contributed by atoms with Gasteiger partial charge >= 0.3 is 5.97 Å². The van der Waals surface area contributed by atoms with Gasteiger partial charge in [-0.05, 0) is 42.1 Å². The van der Waals surface area contributed by atoms with Crippen molar-refractivity contribution in [1.82, 2.24) is 4.98 Å². The zero-order chi connectivity index (χ0) is 18.4. The number of carbonyl (C=O) groups excluding carboxylic acids is 2. The lowest BCUT2D eigenvalue weighted by Gasteiger charge is -2.09. The Hall–Kier alpha value is -2.26. The monoisotopic (exact) mass is 390 g/mol. The normalized spacial score (nSPS) is 10.6. The Morgan fingerprint density at radius 1 is 1.32 bits per heavy atom. The van der Waals surface area contributed by atoms with E-state index < -0.39 is 30.1 Å². The van der Waals surface area contributed by atoms with Crippen molar-refractivity contribution < 1.29 is 27.5 Å². The van der Waals surface area contributed by atoms with E-state index in [4.69, 9.17) is 16.3 Å². The Labute approximate surface area is 149 Å². The topological polar surface area (TPSA) is 68.3 Å². The molecule has 132 valence electrons. The van der Waals surface area contributed by atoms with Crippen LogP contribution in [0.25, 0.3) is 0 Å². The third kappa shape index (κ3) is 5.64. The highest BCUT2D eigenvalue weighted by molar-refractivity contribution is 7.99. The summed E-state index contributed by atoms with van der Waals surface area (Å²) in [6.07, 6.45) is 1.25. The quantitative estimate of drug-likeness (QED) is 0.596. The van der Waals surface area contributed by atoms with E-state index in [-0.39, 0.29) is 33.1 Å². The van der Waals surface area contributed by atoms with Gasteiger partial charge in [-0.3, -0.25) is 4.79 Å². The van der Waals surface area contributed by atoms with Crippen molar-refractivity contribution in [3.63, 3.8) is 0 Å². The Balaban J connectivity index is 1.98. The molecule has 0 bridgehead atoms. The zero-order valence-corrected chi connectivity index (χ0v) is 13.9. The van der Waals surface area contributed by atoms with E-state index in [0.717, 1.165) is 6.07 Å². The first-order chi connectivity index (χ1) is 11.9. The molecule has 0 aliphatic rings. The number of esters is 1. The molecule has 1 aromatic carbocycles. The molecule has 0 fully saturated rings. The fourth-order valence-electron chi connectivity index (χ4n) is 1.71. The fourth-order valence-corrected chi connectivity index (χ4v) is 2.45. The van der Waals surface area contributed by atoms with Gasteiger partial charge in [0.1, 0.15) is 10.8 Å². The van der Waals surface area contributed by atoms with E-state index in [1.54, 1.807) is 0 Å². The molecule has 0 radical (unpaired) electrons. The van der Waals surface area contributed by atoms with Crippen LogP contribution in [-0.4, -0.2) is 29.2 Å². The molecule has 25 heavy (non-hydrogen) atoms. The van der Waals surface area contributed by atoms with Crippen molar-refractivity contribution in [3.8, 4) is 0 Å². The van der Waals surface area contributed by atoms with Gasteiger partial charge in [0, 0.05) is 11.2 Å². The number of hydrogen-bond donors (Lipinski definition) is 1. The van der Waals surface area contributed by atoms with Crippen molar-refractivity contribution >= 4 is 40.9 Å². The van der Waals surface area contributed by atoms with Crippen molar-refractivity contribution in [3.05, 3.63) is 52.9 Å². The van der Waals surface area contributed by atoms with Crippen LogP contribution in [0, 0.1) is 5.82 Å². The van der Waals surface area contributed by atoms with Gasteiger partial charge in [0.15, 0.2) is 6.61 Å². The van der Waals surface area contributed by atoms with Gasteiger partial charge in [0.25, 0.3) is 11.7 Å². The summed E-state index contributed by atoms with van der Waals surface area (Å²) < 4.78 is 43.2. The van der Waals surface area contributed by atoms with Crippen molar-refractivity contribution in [2.75, 3.05) is 11.9 Å². The summed E-state index contributed by atoms with van der Waals surface area (Å²) in [5.74, 6) is -5.30. The maximum atomic E-state index is 13.5. The molecular formula is C15H10ClF3N2O3S. The molecule has 5 nitrogen and oxygen atoms in total. The molecule has 0 aliphatic heterocycles. The van der Waals surface area contributed by atoms with E-state index in [9.17, 15) is 22.8 Å². The highest BCUT2D eigenvalue weighted by Crippen LogP contribution is 2.26. The number of benzene rings is 1. The van der Waals surface area contributed by atoms with Gasteiger partial charge in [0.2, 0.25) is 0 Å². The van der Waals surface area contributed by atoms with Gasteiger partial charge in [-0.25, -0.2) is 14.2 Å². The third-order valence-electron chi connectivity index (χ3n) is 2.73. The number of alkyl halides is 2. The number of amides is 1. The van der Waals surface area contributed by atoms with Gasteiger partial charge in [-0.1, -0.05) is 11.6 Å². The molecule has 10 heteroatoms. The SMILES string of the molecule is O=C(COC(=O)c1cccnc1SC(F)F)Nc1cc(Cl)ccc1F. The number of thioether (sulfide) groups is 1. The summed E-state index contributed by atoms with van der Waals surface area (Å²) in [6, 6.07) is 6.17. The molecular weight excluding hydrogens is 381 g/mol. The highest BCUT2D eigenvalue weighted by atomic mass is 35.5. The number of aromatic nitrogens is 1. The molecule has 0 atom stereocenters. The van der Waals surface area contributed by atoms with E-state index in [0.29, 0.717) is 0 Å². The van der Waals surface area contributed by atoms with Crippen LogP contribution >= 0.6 is 23.4 Å². The number of pyridine rings is 1. The Kier molecular flexibility index (Phi) is 6.65. The first-order valence-electron chi connectivity index (χ1n) is 6.68. The lowest BCUT2D eigenvalue weighted by molar-refractivity contribution is -0.119. The molecule has 0 saturated heterocycles. The number of nitrogens with zero attached hydrogens (tertiary/aromatic N) is 1. The van der Waals surface area contributed by atoms with Crippen LogP contribution < -0.4 is 5.32 Å². The molecule has 1 aromatic heterocycles. The number of carbonyl (C=O) groups is 2. The van der Waals surface area contributed by atoms with Crippen molar-refractivity contribution in [1.29, 1.82) is 0 Å². The number of rotatable bonds is 6. The summed E-state index contributed by atoms with van der Waals surface area (Å²) in [4.78, 5) is 27.3. The molecule has 1 amide bonds. The van der Waals surface area contributed by atoms with Gasteiger partial charge in [0.05, 0.1) is 11.3 Å². The highest BCUT2D eigenvalue weighted by Gasteiger charge is 2.19. The molecule has 0 unspecified atom stereocenters. The first-order valence-corrected chi connectivity index (χ1v) is 7.94. The summed E-state index contributed by atoms with van der Waals surface area (Å²) in [5.41, 5.74) is -0.376. The lowest BCUT2D eigenvalue weighted by atomic mass is 10.3. The summed E-state index contributed by atoms with van der Waals surface area (Å²) in [6.45, 7) is -0.738. The molecule has 0 aliphatic carbocycles. The molecule has 2 aromatic rings. The maximum absolute atomic E-state index is 13.5. The second kappa shape index (κ2) is 8.72. The molecule has 0 saturated carbocycles. The minimum Gasteiger partial charge on any atom is -0.452 e. The van der Waals surface area contributed by atoms with Crippen LogP contribution in [0.2, 0.25) is 5.02 Å². The van der Waals surface area contributed by atoms with E-state index in [1.165, 1.54) is 30.5 Å². The number of halogens is 4. The standard InChI is InChI=1S/C15H10ClF3N2O3S/c16-8-3-4-10(17)11(6-8)21-12(22)7-24-14(23)9-2-1-5-20-13(9)25-15(18)19/h1-6,15H,7H2,(H,21,22). The second-order valence-electron chi connectivity index (χ2n) is 4.48. The number of anilines is 1. The van der Waals surface area contributed by atoms with Crippen LogP contribution in [0.15, 0.2) is 41.6 Å². The average Bonchev–Trinajstić information content (AvgIpc) is 2.56. The largest absolute Gasteiger partial charge is 0.452 e. The van der Waals surface area contributed by atoms with Crippen LogP contribution in [0.3, 0.4) is 0 Å². The molecule has 2 rings (SSSR count). The van der Waals surface area contributed by atoms with E-state index in [2.05, 4.69) is 10.3 Å². The lowest BCUT2D eigenvalue weighted by Crippen LogP contribution is -2.21. The summed E-state index contributed by atoms with van der Waals surface area (Å²) in [7, 11) is 0. The molecule has 1 N–H and O–H groups in total. The Morgan fingerprint density at radius 3 is 2.80 bits per heavy atom. The predicted octanol–water partition coefficient (Wildman–Crippen LogP) is 3.98.